The van der Waals surface area contributed by atoms with E-state index in [4.69, 9.17) is 0 Å². The molecule has 1 aliphatic rings. The van der Waals surface area contributed by atoms with Crippen LogP contribution in [0.4, 0.5) is 5.82 Å². The van der Waals surface area contributed by atoms with E-state index in [1.807, 2.05) is 12.4 Å². The number of nitrogens with one attached hydrogen (secondary N) is 2. The Kier molecular flexibility index (Phi) is 3.90. The van der Waals surface area contributed by atoms with E-state index in [2.05, 4.69) is 62.2 Å². The van der Waals surface area contributed by atoms with Gasteiger partial charge in [0, 0.05) is 30.9 Å². The van der Waals surface area contributed by atoms with E-state index in [1.165, 1.54) is 5.56 Å². The van der Waals surface area contributed by atoms with Gasteiger partial charge in [0.25, 0.3) is 0 Å². The molecule has 2 aromatic heterocycles. The summed E-state index contributed by atoms with van der Waals surface area (Å²) < 4.78 is 2.20. The molecule has 1 unspecified atom stereocenters. The van der Waals surface area contributed by atoms with Crippen LogP contribution >= 0.6 is 0 Å². The summed E-state index contributed by atoms with van der Waals surface area (Å²) in [4.78, 5) is 13.3. The molecule has 0 aliphatic carbocycles. The first-order chi connectivity index (χ1) is 11.7. The quantitative estimate of drug-likeness (QED) is 0.775. The molecule has 3 heterocycles. The van der Waals surface area contributed by atoms with Gasteiger partial charge in [-0.2, -0.15) is 0 Å². The van der Waals surface area contributed by atoms with Crippen LogP contribution in [0, 0.1) is 0 Å². The number of nitrogens with zero attached hydrogens (tertiary/aromatic N) is 4. The topological polar surface area (TPSA) is 67.7 Å². The second-order valence-electron chi connectivity index (χ2n) is 6.62. The summed E-state index contributed by atoms with van der Waals surface area (Å²) in [5, 5.41) is 8.13. The van der Waals surface area contributed by atoms with E-state index in [0.29, 0.717) is 5.92 Å². The Labute approximate surface area is 141 Å². The lowest BCUT2D eigenvalue weighted by molar-refractivity contribution is 0.579. The van der Waals surface area contributed by atoms with Crippen molar-refractivity contribution in [1.29, 1.82) is 0 Å². The fourth-order valence-electron chi connectivity index (χ4n) is 3.17. The second-order valence-corrected chi connectivity index (χ2v) is 6.62. The van der Waals surface area contributed by atoms with Crippen LogP contribution in [0.25, 0.3) is 10.9 Å². The molecule has 0 amide bonds. The van der Waals surface area contributed by atoms with Crippen molar-refractivity contribution in [3.8, 4) is 0 Å². The van der Waals surface area contributed by atoms with Gasteiger partial charge in [-0.3, -0.25) is 0 Å². The van der Waals surface area contributed by atoms with Crippen molar-refractivity contribution in [3.05, 3.63) is 48.3 Å². The number of anilines is 1. The summed E-state index contributed by atoms with van der Waals surface area (Å²) in [6.07, 6.45) is 5.52. The van der Waals surface area contributed by atoms with Crippen molar-refractivity contribution in [2.24, 2.45) is 0 Å². The van der Waals surface area contributed by atoms with Crippen molar-refractivity contribution in [3.63, 3.8) is 0 Å². The zero-order chi connectivity index (χ0) is 16.5. The molecule has 3 aromatic rings. The highest BCUT2D eigenvalue weighted by Crippen LogP contribution is 2.25. The van der Waals surface area contributed by atoms with Gasteiger partial charge in [0.05, 0.1) is 18.1 Å². The smallest absolute Gasteiger partial charge is 0.137 e. The molecule has 24 heavy (non-hydrogen) atoms. The molecule has 4 rings (SSSR count). The van der Waals surface area contributed by atoms with Crippen LogP contribution in [-0.4, -0.2) is 32.1 Å². The number of aromatic nitrogens is 4. The highest BCUT2D eigenvalue weighted by atomic mass is 15.2. The minimum Gasteiger partial charge on any atom is -0.364 e. The van der Waals surface area contributed by atoms with Gasteiger partial charge in [-0.15, -0.1) is 0 Å². The third-order valence-corrected chi connectivity index (χ3v) is 4.56. The third kappa shape index (κ3) is 2.85. The van der Waals surface area contributed by atoms with Crippen LogP contribution in [0.1, 0.15) is 31.2 Å². The number of benzene rings is 1. The van der Waals surface area contributed by atoms with Gasteiger partial charge in [-0.05, 0) is 23.6 Å². The van der Waals surface area contributed by atoms with Crippen molar-refractivity contribution in [2.45, 2.75) is 38.9 Å². The summed E-state index contributed by atoms with van der Waals surface area (Å²) in [5.74, 6) is 2.46. The van der Waals surface area contributed by atoms with E-state index in [0.717, 1.165) is 42.2 Å². The zero-order valence-electron chi connectivity index (χ0n) is 14.0. The fourth-order valence-corrected chi connectivity index (χ4v) is 3.17. The fraction of sp³-hybridized carbons (Fsp3) is 0.389. The van der Waals surface area contributed by atoms with Gasteiger partial charge in [-0.1, -0.05) is 19.9 Å². The minimum absolute atomic E-state index is 0.251. The van der Waals surface area contributed by atoms with Crippen LogP contribution in [0.2, 0.25) is 0 Å². The molecule has 6 nitrogen and oxygen atoms in total. The first-order valence-electron chi connectivity index (χ1n) is 8.42. The van der Waals surface area contributed by atoms with Crippen LogP contribution in [0.3, 0.4) is 0 Å². The highest BCUT2D eigenvalue weighted by Gasteiger charge is 2.17. The largest absolute Gasteiger partial charge is 0.364 e. The minimum atomic E-state index is 0.251. The molecular weight excluding hydrogens is 300 g/mol. The van der Waals surface area contributed by atoms with Crippen LogP contribution in [0.15, 0.2) is 36.9 Å². The Morgan fingerprint density at radius 3 is 3.04 bits per heavy atom. The average Bonchev–Trinajstić information content (AvgIpc) is 2.93. The van der Waals surface area contributed by atoms with Gasteiger partial charge in [0.1, 0.15) is 18.0 Å². The molecule has 1 aromatic carbocycles. The number of fused-ring (bicyclic) bond motifs is 2. The third-order valence-electron chi connectivity index (χ3n) is 4.56. The summed E-state index contributed by atoms with van der Waals surface area (Å²) in [6, 6.07) is 6.68. The maximum atomic E-state index is 4.50. The van der Waals surface area contributed by atoms with E-state index in [-0.39, 0.29) is 6.04 Å². The van der Waals surface area contributed by atoms with Crippen molar-refractivity contribution < 1.29 is 0 Å². The molecule has 6 heteroatoms. The monoisotopic (exact) mass is 322 g/mol. The summed E-state index contributed by atoms with van der Waals surface area (Å²) >= 11 is 0. The highest BCUT2D eigenvalue weighted by molar-refractivity contribution is 5.89. The molecule has 0 bridgehead atoms. The van der Waals surface area contributed by atoms with Crippen molar-refractivity contribution >= 4 is 16.7 Å². The predicted molar refractivity (Wildman–Crippen MR) is 95.0 cm³/mol. The number of rotatable bonds is 3. The van der Waals surface area contributed by atoms with Crippen LogP contribution in [0.5, 0.6) is 0 Å². The van der Waals surface area contributed by atoms with Crippen molar-refractivity contribution in [1.82, 2.24) is 24.8 Å². The first-order valence-corrected chi connectivity index (χ1v) is 8.42. The second kappa shape index (κ2) is 6.20. The lowest BCUT2D eigenvalue weighted by Crippen LogP contribution is -2.33. The Balaban J connectivity index is 1.65. The van der Waals surface area contributed by atoms with Crippen LogP contribution < -0.4 is 10.6 Å². The standard InChI is InChI=1S/C18H22N6/c1-12(2)13-3-4-16-15(7-13)18(22-11-21-16)23-14-8-19-9-17-20-5-6-24(17)10-14/h3-7,11-12,14,19H,8-10H2,1-2H3,(H,21,22,23). The summed E-state index contributed by atoms with van der Waals surface area (Å²) in [5.41, 5.74) is 2.28. The molecule has 1 aliphatic heterocycles. The Morgan fingerprint density at radius 2 is 2.17 bits per heavy atom. The molecule has 0 fully saturated rings. The molecule has 1 atom stereocenters. The molecule has 2 N–H and O–H groups in total. The molecule has 0 radical (unpaired) electrons. The summed E-state index contributed by atoms with van der Waals surface area (Å²) in [7, 11) is 0. The molecule has 0 saturated carbocycles. The number of hydrogen-bond donors (Lipinski definition) is 2. The first kappa shape index (κ1) is 15.1. The summed E-state index contributed by atoms with van der Waals surface area (Å²) in [6.45, 7) is 6.95. The normalized spacial score (nSPS) is 17.7. The predicted octanol–water partition coefficient (Wildman–Crippen LogP) is 2.53. The lowest BCUT2D eigenvalue weighted by Gasteiger charge is -2.19. The molecule has 0 spiro atoms. The van der Waals surface area contributed by atoms with Gasteiger partial charge in [-0.25, -0.2) is 15.0 Å². The molecular formula is C18H22N6. The van der Waals surface area contributed by atoms with Crippen LogP contribution in [-0.2, 0) is 13.1 Å². The maximum absolute atomic E-state index is 4.50. The van der Waals surface area contributed by atoms with Crippen molar-refractivity contribution in [2.75, 3.05) is 11.9 Å². The number of hydrogen-bond acceptors (Lipinski definition) is 5. The van der Waals surface area contributed by atoms with Gasteiger partial charge in [0.15, 0.2) is 0 Å². The number of imidazole rings is 1. The van der Waals surface area contributed by atoms with E-state index < -0.39 is 0 Å². The Bertz CT molecular complexity index is 854. The van der Waals surface area contributed by atoms with E-state index >= 15 is 0 Å². The Morgan fingerprint density at radius 1 is 1.25 bits per heavy atom. The van der Waals surface area contributed by atoms with Gasteiger partial charge >= 0.3 is 0 Å². The lowest BCUT2D eigenvalue weighted by atomic mass is 10.0. The van der Waals surface area contributed by atoms with Gasteiger partial charge < -0.3 is 15.2 Å². The zero-order valence-corrected chi connectivity index (χ0v) is 14.0. The van der Waals surface area contributed by atoms with E-state index in [9.17, 15) is 0 Å². The molecule has 124 valence electrons. The average molecular weight is 322 g/mol. The van der Waals surface area contributed by atoms with Gasteiger partial charge in [0.2, 0.25) is 0 Å². The van der Waals surface area contributed by atoms with E-state index in [1.54, 1.807) is 6.33 Å². The maximum Gasteiger partial charge on any atom is 0.137 e. The molecule has 0 saturated heterocycles. The Hall–Kier alpha value is -2.47. The SMILES string of the molecule is CC(C)c1ccc2ncnc(NC3CNCc4nccn4C3)c2c1.